The molecule has 0 saturated carbocycles. The van der Waals surface area contributed by atoms with E-state index in [0.717, 1.165) is 18.4 Å². The molecule has 2 amide bonds. The van der Waals surface area contributed by atoms with Gasteiger partial charge in [-0.3, -0.25) is 20.4 Å². The second kappa shape index (κ2) is 8.68. The zero-order valence-electron chi connectivity index (χ0n) is 13.4. The Hall–Kier alpha value is -2.32. The van der Waals surface area contributed by atoms with Gasteiger partial charge in [0.05, 0.1) is 5.75 Å². The van der Waals surface area contributed by atoms with Crippen molar-refractivity contribution in [3.63, 3.8) is 0 Å². The third kappa shape index (κ3) is 5.33. The molecule has 0 aliphatic carbocycles. The van der Waals surface area contributed by atoms with Gasteiger partial charge in [0.15, 0.2) is 5.58 Å². The standard InChI is InChI=1S/C17H17N3O3S2/c21-15(9-3-5-12-6-4-10-24-12)19-20-16(22)11-25-17-18-13-7-1-2-8-14(13)23-17/h1-2,4,6-8,10H,3,5,9,11H2,(H,19,21)(H,20,22). The zero-order chi connectivity index (χ0) is 17.5. The molecule has 0 unspecified atom stereocenters. The predicted molar refractivity (Wildman–Crippen MR) is 98.3 cm³/mol. The van der Waals surface area contributed by atoms with Gasteiger partial charge in [-0.05, 0) is 36.4 Å². The van der Waals surface area contributed by atoms with Gasteiger partial charge in [-0.2, -0.15) is 0 Å². The molecule has 0 radical (unpaired) electrons. The second-order valence-electron chi connectivity index (χ2n) is 5.27. The van der Waals surface area contributed by atoms with E-state index < -0.39 is 0 Å². The van der Waals surface area contributed by atoms with E-state index in [2.05, 4.69) is 15.8 Å². The molecular weight excluding hydrogens is 358 g/mol. The van der Waals surface area contributed by atoms with Crippen molar-refractivity contribution in [1.82, 2.24) is 15.8 Å². The van der Waals surface area contributed by atoms with Gasteiger partial charge in [-0.15, -0.1) is 11.3 Å². The van der Waals surface area contributed by atoms with Crippen LogP contribution in [0.4, 0.5) is 0 Å². The van der Waals surface area contributed by atoms with Crippen molar-refractivity contribution in [2.75, 3.05) is 5.75 Å². The summed E-state index contributed by atoms with van der Waals surface area (Å²) in [4.78, 5) is 29.0. The number of hydrazine groups is 1. The highest BCUT2D eigenvalue weighted by Gasteiger charge is 2.10. The van der Waals surface area contributed by atoms with Gasteiger partial charge < -0.3 is 4.42 Å². The molecule has 0 fully saturated rings. The van der Waals surface area contributed by atoms with Crippen LogP contribution in [-0.2, 0) is 16.0 Å². The highest BCUT2D eigenvalue weighted by molar-refractivity contribution is 7.99. The predicted octanol–water partition coefficient (Wildman–Crippen LogP) is 3.15. The average Bonchev–Trinajstić information content (AvgIpc) is 3.27. The van der Waals surface area contributed by atoms with E-state index in [9.17, 15) is 9.59 Å². The second-order valence-corrected chi connectivity index (χ2v) is 7.22. The zero-order valence-corrected chi connectivity index (χ0v) is 15.0. The Morgan fingerprint density at radius 2 is 1.96 bits per heavy atom. The summed E-state index contributed by atoms with van der Waals surface area (Å²) in [5.41, 5.74) is 6.27. The molecule has 2 aromatic heterocycles. The van der Waals surface area contributed by atoms with Crippen molar-refractivity contribution < 1.29 is 14.0 Å². The van der Waals surface area contributed by atoms with Crippen molar-refractivity contribution in [3.8, 4) is 0 Å². The van der Waals surface area contributed by atoms with Crippen molar-refractivity contribution >= 4 is 46.0 Å². The Morgan fingerprint density at radius 1 is 1.12 bits per heavy atom. The molecule has 0 saturated heterocycles. The van der Waals surface area contributed by atoms with Crippen LogP contribution in [0.3, 0.4) is 0 Å². The van der Waals surface area contributed by atoms with Crippen LogP contribution < -0.4 is 10.9 Å². The van der Waals surface area contributed by atoms with Crippen LogP contribution in [0.25, 0.3) is 11.1 Å². The molecule has 3 rings (SSSR count). The van der Waals surface area contributed by atoms with Crippen LogP contribution in [0.5, 0.6) is 0 Å². The van der Waals surface area contributed by atoms with Gasteiger partial charge in [-0.25, -0.2) is 4.98 Å². The lowest BCUT2D eigenvalue weighted by atomic mass is 10.2. The van der Waals surface area contributed by atoms with Gasteiger partial charge in [0, 0.05) is 11.3 Å². The van der Waals surface area contributed by atoms with Crippen LogP contribution in [0.2, 0.25) is 0 Å². The van der Waals surface area contributed by atoms with E-state index in [1.165, 1.54) is 16.6 Å². The fourth-order valence-electron chi connectivity index (χ4n) is 2.16. The maximum Gasteiger partial charge on any atom is 0.257 e. The summed E-state index contributed by atoms with van der Waals surface area (Å²) >= 11 is 2.86. The first-order valence-electron chi connectivity index (χ1n) is 7.79. The van der Waals surface area contributed by atoms with Crippen molar-refractivity contribution in [3.05, 3.63) is 46.7 Å². The number of nitrogens with zero attached hydrogens (tertiary/aromatic N) is 1. The smallest absolute Gasteiger partial charge is 0.257 e. The Bertz CT molecular complexity index is 813. The van der Waals surface area contributed by atoms with Gasteiger partial charge in [-0.1, -0.05) is 30.0 Å². The average molecular weight is 375 g/mol. The molecule has 1 aromatic carbocycles. The molecule has 6 nitrogen and oxygen atoms in total. The van der Waals surface area contributed by atoms with Crippen LogP contribution in [0.1, 0.15) is 17.7 Å². The number of carbonyl (C=O) groups excluding carboxylic acids is 2. The summed E-state index contributed by atoms with van der Waals surface area (Å²) in [5, 5.41) is 2.45. The van der Waals surface area contributed by atoms with E-state index in [4.69, 9.17) is 4.42 Å². The number of thioether (sulfide) groups is 1. The largest absolute Gasteiger partial charge is 0.431 e. The van der Waals surface area contributed by atoms with Crippen LogP contribution >= 0.6 is 23.1 Å². The summed E-state index contributed by atoms with van der Waals surface area (Å²) in [5.74, 6) is -0.391. The van der Waals surface area contributed by atoms with E-state index in [1.54, 1.807) is 11.3 Å². The van der Waals surface area contributed by atoms with Gasteiger partial charge in [0.2, 0.25) is 11.8 Å². The van der Waals surface area contributed by atoms with Crippen molar-refractivity contribution in [1.29, 1.82) is 0 Å². The lowest BCUT2D eigenvalue weighted by Crippen LogP contribution is -2.42. The molecule has 0 aliphatic rings. The molecule has 2 heterocycles. The summed E-state index contributed by atoms with van der Waals surface area (Å²) in [6, 6.07) is 11.5. The minimum absolute atomic E-state index is 0.113. The van der Waals surface area contributed by atoms with Crippen LogP contribution in [0.15, 0.2) is 51.4 Å². The highest BCUT2D eigenvalue weighted by atomic mass is 32.2. The Balaban J connectivity index is 1.34. The number of hydrogen-bond acceptors (Lipinski definition) is 6. The van der Waals surface area contributed by atoms with Gasteiger partial charge >= 0.3 is 0 Å². The fraction of sp³-hybridized carbons (Fsp3) is 0.235. The van der Waals surface area contributed by atoms with Crippen LogP contribution in [0, 0.1) is 0 Å². The molecular formula is C17H17N3O3S2. The van der Waals surface area contributed by atoms with E-state index in [-0.39, 0.29) is 17.6 Å². The number of benzene rings is 1. The number of para-hydroxylation sites is 2. The van der Waals surface area contributed by atoms with Gasteiger partial charge in [0.1, 0.15) is 5.52 Å². The molecule has 0 spiro atoms. The Kier molecular flexibility index (Phi) is 6.08. The lowest BCUT2D eigenvalue weighted by Gasteiger charge is -2.06. The van der Waals surface area contributed by atoms with Crippen molar-refractivity contribution in [2.24, 2.45) is 0 Å². The SMILES string of the molecule is O=C(CCCc1cccs1)NNC(=O)CSc1nc2ccccc2o1. The first kappa shape index (κ1) is 17.5. The number of hydrogen-bond donors (Lipinski definition) is 2. The topological polar surface area (TPSA) is 84.2 Å². The van der Waals surface area contributed by atoms with Gasteiger partial charge in [0.25, 0.3) is 5.22 Å². The summed E-state index contributed by atoms with van der Waals surface area (Å²) in [6.07, 6.45) is 1.99. The fourth-order valence-corrected chi connectivity index (χ4v) is 3.55. The molecule has 130 valence electrons. The maximum atomic E-state index is 11.8. The molecule has 2 N–H and O–H groups in total. The molecule has 0 atom stereocenters. The summed E-state index contributed by atoms with van der Waals surface area (Å²) in [6.45, 7) is 0. The summed E-state index contributed by atoms with van der Waals surface area (Å²) < 4.78 is 5.52. The quantitative estimate of drug-likeness (QED) is 0.489. The number of aromatic nitrogens is 1. The third-order valence-electron chi connectivity index (χ3n) is 3.35. The Morgan fingerprint density at radius 3 is 2.76 bits per heavy atom. The van der Waals surface area contributed by atoms with E-state index >= 15 is 0 Å². The number of rotatable bonds is 7. The minimum Gasteiger partial charge on any atom is -0.431 e. The number of carbonyl (C=O) groups is 2. The first-order valence-corrected chi connectivity index (χ1v) is 9.65. The number of oxazole rings is 1. The molecule has 25 heavy (non-hydrogen) atoms. The monoisotopic (exact) mass is 375 g/mol. The number of amides is 2. The number of fused-ring (bicyclic) bond motifs is 1. The lowest BCUT2D eigenvalue weighted by molar-refractivity contribution is -0.127. The minimum atomic E-state index is -0.307. The first-order chi connectivity index (χ1) is 12.2. The number of aryl methyl sites for hydroxylation is 1. The number of thiophene rings is 1. The molecule has 8 heteroatoms. The highest BCUT2D eigenvalue weighted by Crippen LogP contribution is 2.22. The molecule has 3 aromatic rings. The maximum absolute atomic E-state index is 11.8. The Labute approximate surface area is 153 Å². The number of nitrogens with one attached hydrogen (secondary N) is 2. The van der Waals surface area contributed by atoms with Crippen molar-refractivity contribution in [2.45, 2.75) is 24.5 Å². The van der Waals surface area contributed by atoms with Crippen LogP contribution in [-0.4, -0.2) is 22.6 Å². The third-order valence-corrected chi connectivity index (χ3v) is 5.11. The van der Waals surface area contributed by atoms with E-state index in [0.29, 0.717) is 17.2 Å². The normalized spacial score (nSPS) is 10.7. The summed E-state index contributed by atoms with van der Waals surface area (Å²) in [7, 11) is 0. The molecule has 0 bridgehead atoms. The van der Waals surface area contributed by atoms with E-state index in [1.807, 2.05) is 41.8 Å². The molecule has 0 aliphatic heterocycles.